The number of likely N-dealkylation sites (tertiary alicyclic amines) is 1. The molecule has 88 valence electrons. The van der Waals surface area contributed by atoms with Gasteiger partial charge in [-0.2, -0.15) is 0 Å². The highest BCUT2D eigenvalue weighted by atomic mass is 16.3. The molecule has 2 fully saturated rings. The van der Waals surface area contributed by atoms with Gasteiger partial charge in [0.1, 0.15) is 0 Å². The first-order valence-corrected chi connectivity index (χ1v) is 6.69. The van der Waals surface area contributed by atoms with Gasteiger partial charge in [0, 0.05) is 6.04 Å². The van der Waals surface area contributed by atoms with E-state index in [1.807, 2.05) is 6.92 Å². The van der Waals surface area contributed by atoms with Crippen molar-refractivity contribution in [1.82, 2.24) is 4.90 Å². The summed E-state index contributed by atoms with van der Waals surface area (Å²) in [6.45, 7) is 4.43. The third-order valence-electron chi connectivity index (χ3n) is 4.19. The first kappa shape index (κ1) is 11.4. The number of fused-ring (bicyclic) bond motifs is 1. The largest absolute Gasteiger partial charge is 0.393 e. The molecule has 1 heterocycles. The molecular weight excluding hydrogens is 186 g/mol. The van der Waals surface area contributed by atoms with Crippen LogP contribution in [0.1, 0.15) is 51.9 Å². The minimum absolute atomic E-state index is 0.116. The summed E-state index contributed by atoms with van der Waals surface area (Å²) in [6.07, 6.45) is 9.25. The Bertz CT molecular complexity index is 193. The Morgan fingerprint density at radius 1 is 1.27 bits per heavy atom. The number of aliphatic hydroxyl groups is 1. The van der Waals surface area contributed by atoms with Crippen molar-refractivity contribution in [2.45, 2.75) is 64.0 Å². The Morgan fingerprint density at radius 3 is 2.87 bits per heavy atom. The summed E-state index contributed by atoms with van der Waals surface area (Å²) in [6, 6.07) is 0.896. The van der Waals surface area contributed by atoms with Crippen LogP contribution < -0.4 is 0 Å². The monoisotopic (exact) mass is 211 g/mol. The SMILES string of the molecule is CC(O)CCCN1CCC2CCCCC21. The molecule has 3 unspecified atom stereocenters. The van der Waals surface area contributed by atoms with Crippen molar-refractivity contribution in [3.63, 3.8) is 0 Å². The van der Waals surface area contributed by atoms with Crippen LogP contribution in [0.2, 0.25) is 0 Å². The van der Waals surface area contributed by atoms with Gasteiger partial charge in [-0.1, -0.05) is 12.8 Å². The molecule has 0 bridgehead atoms. The maximum atomic E-state index is 9.24. The average molecular weight is 211 g/mol. The average Bonchev–Trinajstić information content (AvgIpc) is 2.62. The van der Waals surface area contributed by atoms with Crippen LogP contribution in [0.5, 0.6) is 0 Å². The Hall–Kier alpha value is -0.0800. The Balaban J connectivity index is 1.73. The molecular formula is C13H25NO. The molecule has 0 aromatic carbocycles. The second-order valence-electron chi connectivity index (χ2n) is 5.43. The Labute approximate surface area is 93.7 Å². The van der Waals surface area contributed by atoms with Crippen molar-refractivity contribution in [2.75, 3.05) is 13.1 Å². The Kier molecular flexibility index (Phi) is 4.04. The van der Waals surface area contributed by atoms with E-state index in [0.717, 1.165) is 18.4 Å². The van der Waals surface area contributed by atoms with Crippen molar-refractivity contribution in [1.29, 1.82) is 0 Å². The standard InChI is InChI=1S/C13H25NO/c1-11(15)5-4-9-14-10-8-12-6-2-3-7-13(12)14/h11-13,15H,2-10H2,1H3. The second-order valence-corrected chi connectivity index (χ2v) is 5.43. The quantitative estimate of drug-likeness (QED) is 0.772. The van der Waals surface area contributed by atoms with Crippen LogP contribution in [-0.2, 0) is 0 Å². The minimum atomic E-state index is -0.116. The Morgan fingerprint density at radius 2 is 2.07 bits per heavy atom. The normalized spacial score (nSPS) is 34.0. The molecule has 15 heavy (non-hydrogen) atoms. The molecule has 2 rings (SSSR count). The van der Waals surface area contributed by atoms with Gasteiger partial charge in [-0.3, -0.25) is 0 Å². The van der Waals surface area contributed by atoms with E-state index in [-0.39, 0.29) is 6.10 Å². The fourth-order valence-corrected chi connectivity index (χ4v) is 3.37. The molecule has 1 aliphatic heterocycles. The zero-order valence-electron chi connectivity index (χ0n) is 9.99. The molecule has 1 saturated heterocycles. The zero-order chi connectivity index (χ0) is 10.7. The van der Waals surface area contributed by atoms with E-state index in [0.29, 0.717) is 0 Å². The third-order valence-corrected chi connectivity index (χ3v) is 4.19. The first-order valence-electron chi connectivity index (χ1n) is 6.69. The van der Waals surface area contributed by atoms with Crippen molar-refractivity contribution in [3.05, 3.63) is 0 Å². The molecule has 1 aliphatic carbocycles. The zero-order valence-corrected chi connectivity index (χ0v) is 9.99. The lowest BCUT2D eigenvalue weighted by Gasteiger charge is -2.31. The topological polar surface area (TPSA) is 23.5 Å². The molecule has 0 aromatic rings. The van der Waals surface area contributed by atoms with Gasteiger partial charge in [0.2, 0.25) is 0 Å². The van der Waals surface area contributed by atoms with Crippen LogP contribution in [0, 0.1) is 5.92 Å². The van der Waals surface area contributed by atoms with E-state index in [2.05, 4.69) is 4.90 Å². The molecule has 0 radical (unpaired) electrons. The van der Waals surface area contributed by atoms with Gasteiger partial charge in [0.25, 0.3) is 0 Å². The summed E-state index contributed by atoms with van der Waals surface area (Å²) in [5.41, 5.74) is 0. The van der Waals surface area contributed by atoms with Crippen molar-refractivity contribution in [3.8, 4) is 0 Å². The fourth-order valence-electron chi connectivity index (χ4n) is 3.37. The summed E-state index contributed by atoms with van der Waals surface area (Å²) >= 11 is 0. The molecule has 0 aromatic heterocycles. The van der Waals surface area contributed by atoms with Crippen LogP contribution in [-0.4, -0.2) is 35.2 Å². The molecule has 2 heteroatoms. The van der Waals surface area contributed by atoms with Crippen LogP contribution in [0.3, 0.4) is 0 Å². The van der Waals surface area contributed by atoms with E-state index in [9.17, 15) is 5.11 Å². The number of aliphatic hydroxyl groups excluding tert-OH is 1. The molecule has 2 aliphatic rings. The highest BCUT2D eigenvalue weighted by molar-refractivity contribution is 4.89. The van der Waals surface area contributed by atoms with Crippen LogP contribution in [0.15, 0.2) is 0 Å². The fraction of sp³-hybridized carbons (Fsp3) is 1.00. The van der Waals surface area contributed by atoms with Gasteiger partial charge in [-0.15, -0.1) is 0 Å². The van der Waals surface area contributed by atoms with E-state index < -0.39 is 0 Å². The van der Waals surface area contributed by atoms with Gasteiger partial charge < -0.3 is 10.0 Å². The lowest BCUT2D eigenvalue weighted by molar-refractivity contribution is 0.152. The van der Waals surface area contributed by atoms with E-state index in [4.69, 9.17) is 0 Å². The molecule has 0 spiro atoms. The third kappa shape index (κ3) is 2.94. The van der Waals surface area contributed by atoms with E-state index in [1.165, 1.54) is 51.6 Å². The summed E-state index contributed by atoms with van der Waals surface area (Å²) in [7, 11) is 0. The van der Waals surface area contributed by atoms with Gasteiger partial charge in [-0.05, 0) is 58.0 Å². The lowest BCUT2D eigenvalue weighted by Crippen LogP contribution is -2.35. The minimum Gasteiger partial charge on any atom is -0.393 e. The van der Waals surface area contributed by atoms with Gasteiger partial charge in [0.15, 0.2) is 0 Å². The molecule has 1 N–H and O–H groups in total. The predicted octanol–water partition coefficient (Wildman–Crippen LogP) is 2.41. The van der Waals surface area contributed by atoms with Crippen molar-refractivity contribution < 1.29 is 5.11 Å². The molecule has 2 nitrogen and oxygen atoms in total. The molecule has 3 atom stereocenters. The molecule has 1 saturated carbocycles. The summed E-state index contributed by atoms with van der Waals surface area (Å²) in [5.74, 6) is 1.00. The number of hydrogen-bond acceptors (Lipinski definition) is 2. The number of nitrogens with zero attached hydrogens (tertiary/aromatic N) is 1. The van der Waals surface area contributed by atoms with E-state index >= 15 is 0 Å². The van der Waals surface area contributed by atoms with Crippen molar-refractivity contribution in [2.24, 2.45) is 5.92 Å². The number of rotatable bonds is 4. The van der Waals surface area contributed by atoms with Gasteiger partial charge in [0.05, 0.1) is 6.10 Å². The van der Waals surface area contributed by atoms with E-state index in [1.54, 1.807) is 0 Å². The summed E-state index contributed by atoms with van der Waals surface area (Å²) in [5, 5.41) is 9.24. The van der Waals surface area contributed by atoms with Crippen LogP contribution in [0.4, 0.5) is 0 Å². The maximum Gasteiger partial charge on any atom is 0.0512 e. The highest BCUT2D eigenvalue weighted by Gasteiger charge is 2.34. The lowest BCUT2D eigenvalue weighted by atomic mass is 9.85. The van der Waals surface area contributed by atoms with Crippen molar-refractivity contribution >= 4 is 0 Å². The first-order chi connectivity index (χ1) is 7.27. The molecule has 0 amide bonds. The smallest absolute Gasteiger partial charge is 0.0512 e. The van der Waals surface area contributed by atoms with Crippen LogP contribution in [0.25, 0.3) is 0 Å². The summed E-state index contributed by atoms with van der Waals surface area (Å²) < 4.78 is 0. The van der Waals surface area contributed by atoms with Crippen LogP contribution >= 0.6 is 0 Å². The summed E-state index contributed by atoms with van der Waals surface area (Å²) in [4.78, 5) is 2.69. The second kappa shape index (κ2) is 5.31. The predicted molar refractivity (Wildman–Crippen MR) is 62.9 cm³/mol. The van der Waals surface area contributed by atoms with Gasteiger partial charge >= 0.3 is 0 Å². The van der Waals surface area contributed by atoms with Gasteiger partial charge in [-0.25, -0.2) is 0 Å². The maximum absolute atomic E-state index is 9.24. The number of hydrogen-bond donors (Lipinski definition) is 1. The highest BCUT2D eigenvalue weighted by Crippen LogP contribution is 2.36.